The Labute approximate surface area is 270 Å². The zero-order valence-electron chi connectivity index (χ0n) is 24.8. The number of ether oxygens (including phenoxy) is 4. The van der Waals surface area contributed by atoms with Crippen LogP contribution < -0.4 is 10.9 Å². The largest absolute Gasteiger partial charge is 0.394 e. The molecule has 0 unspecified atom stereocenters. The van der Waals surface area contributed by atoms with Crippen LogP contribution in [0.2, 0.25) is 0 Å². The maximum absolute atomic E-state index is 12.5. The van der Waals surface area contributed by atoms with Gasteiger partial charge in [0.1, 0.15) is 85.5 Å². The first-order chi connectivity index (χ1) is 22.5. The molecule has 48 heavy (non-hydrogen) atoms. The van der Waals surface area contributed by atoms with Gasteiger partial charge in [-0.25, -0.2) is 0 Å². The van der Waals surface area contributed by atoms with E-state index in [1.807, 2.05) is 0 Å². The first-order valence-corrected chi connectivity index (χ1v) is 14.3. The van der Waals surface area contributed by atoms with Crippen LogP contribution in [0, 0.1) is 0 Å². The highest BCUT2D eigenvalue weighted by atomic mass is 16.7. The number of amides is 2. The summed E-state index contributed by atoms with van der Waals surface area (Å²) in [7, 11) is 0. The Kier molecular flexibility index (Phi) is 16.7. The standard InChI is InChI=1S/C24H44N2O22/c27-1-5(31)19(47-23-17(41)11(35)9(33)7(3-29)45-23)13(37)15(39)21(43)25-26-22(44)16(40)14(38)20(6(32)2-28)48-24-18(42)12(36)10(34)8(4-30)46-24/h5-20,23-24,27-42H,1-4H2,(H,25,43)(H,26,44)/t5-,6-,7-,8-,9+,10+,11+,12+,13-,14-,15-,16-,17-,18-,19-,20-,23+,24+/m1/s1. The molecule has 2 amide bonds. The van der Waals surface area contributed by atoms with Gasteiger partial charge in [-0.05, 0) is 0 Å². The van der Waals surface area contributed by atoms with Crippen molar-refractivity contribution >= 4 is 11.8 Å². The summed E-state index contributed by atoms with van der Waals surface area (Å²) in [5.74, 6) is -3.37. The van der Waals surface area contributed by atoms with Crippen molar-refractivity contribution in [1.29, 1.82) is 0 Å². The lowest BCUT2D eigenvalue weighted by Gasteiger charge is -2.42. The van der Waals surface area contributed by atoms with Crippen molar-refractivity contribution < 1.29 is 110 Å². The highest BCUT2D eigenvalue weighted by molar-refractivity contribution is 5.86. The quantitative estimate of drug-likeness (QED) is 0.0660. The molecule has 0 radical (unpaired) electrons. The van der Waals surface area contributed by atoms with E-state index in [4.69, 9.17) is 18.9 Å². The molecule has 0 spiro atoms. The van der Waals surface area contributed by atoms with Crippen LogP contribution in [-0.2, 0) is 28.5 Å². The van der Waals surface area contributed by atoms with E-state index in [2.05, 4.69) is 0 Å². The highest BCUT2D eigenvalue weighted by Crippen LogP contribution is 2.26. The second-order valence-electron chi connectivity index (χ2n) is 10.9. The molecule has 2 saturated heterocycles. The molecule has 0 aromatic heterocycles. The van der Waals surface area contributed by atoms with Crippen LogP contribution in [0.15, 0.2) is 0 Å². The van der Waals surface area contributed by atoms with Crippen molar-refractivity contribution in [2.75, 3.05) is 26.4 Å². The average molecular weight is 713 g/mol. The highest BCUT2D eigenvalue weighted by Gasteiger charge is 2.49. The summed E-state index contributed by atoms with van der Waals surface area (Å²) in [6, 6.07) is 0. The molecule has 0 aromatic carbocycles. The fourth-order valence-corrected chi connectivity index (χ4v) is 4.62. The van der Waals surface area contributed by atoms with E-state index in [1.165, 1.54) is 10.9 Å². The van der Waals surface area contributed by atoms with E-state index in [9.17, 15) is 91.3 Å². The Morgan fingerprint density at radius 2 is 0.854 bits per heavy atom. The van der Waals surface area contributed by atoms with Crippen LogP contribution in [0.5, 0.6) is 0 Å². The first kappa shape index (κ1) is 42.3. The number of hydrogen-bond acceptors (Lipinski definition) is 22. The Hall–Kier alpha value is -1.86. The molecular formula is C24H44N2O22. The lowest BCUT2D eigenvalue weighted by molar-refractivity contribution is -0.326. The van der Waals surface area contributed by atoms with Gasteiger partial charge in [0.05, 0.1) is 26.4 Å². The lowest BCUT2D eigenvalue weighted by Crippen LogP contribution is -2.63. The van der Waals surface area contributed by atoms with Crippen LogP contribution >= 0.6 is 0 Å². The third-order valence-electron chi connectivity index (χ3n) is 7.58. The number of rotatable bonds is 16. The van der Waals surface area contributed by atoms with Crippen LogP contribution in [0.4, 0.5) is 0 Å². The van der Waals surface area contributed by atoms with Crippen molar-refractivity contribution in [2.24, 2.45) is 0 Å². The molecule has 282 valence electrons. The van der Waals surface area contributed by atoms with Crippen LogP contribution in [0.1, 0.15) is 0 Å². The molecule has 2 aliphatic rings. The minimum absolute atomic E-state index is 0.897. The summed E-state index contributed by atoms with van der Waals surface area (Å²) in [5, 5.41) is 159. The summed E-state index contributed by atoms with van der Waals surface area (Å²) >= 11 is 0. The smallest absolute Gasteiger partial charge is 0.270 e. The molecule has 0 bridgehead atoms. The molecule has 2 rings (SSSR count). The molecule has 2 aliphatic heterocycles. The molecule has 24 nitrogen and oxygen atoms in total. The zero-order chi connectivity index (χ0) is 36.6. The minimum Gasteiger partial charge on any atom is -0.394 e. The summed E-state index contributed by atoms with van der Waals surface area (Å²) in [4.78, 5) is 25.0. The van der Waals surface area contributed by atoms with Gasteiger partial charge in [-0.15, -0.1) is 0 Å². The van der Waals surface area contributed by atoms with Crippen LogP contribution in [0.3, 0.4) is 0 Å². The summed E-state index contributed by atoms with van der Waals surface area (Å²) in [6.45, 7) is -4.16. The summed E-state index contributed by atoms with van der Waals surface area (Å²) < 4.78 is 20.4. The Morgan fingerprint density at radius 3 is 1.12 bits per heavy atom. The van der Waals surface area contributed by atoms with Gasteiger partial charge in [-0.3, -0.25) is 20.4 Å². The normalized spacial score (nSPS) is 36.2. The summed E-state index contributed by atoms with van der Waals surface area (Å²) in [5.41, 5.74) is 3.07. The number of hydrazine groups is 1. The number of hydrogen-bond donors (Lipinski definition) is 18. The second-order valence-corrected chi connectivity index (χ2v) is 10.9. The Balaban J connectivity index is 2.08. The molecule has 18 atom stereocenters. The summed E-state index contributed by atoms with van der Waals surface area (Å²) in [6.07, 6.45) is -37.7. The van der Waals surface area contributed by atoms with Crippen LogP contribution in [0.25, 0.3) is 0 Å². The molecule has 18 N–H and O–H groups in total. The van der Waals surface area contributed by atoms with Gasteiger partial charge in [0.25, 0.3) is 11.8 Å². The predicted octanol–water partition coefficient (Wildman–Crippen LogP) is -12.3. The first-order valence-electron chi connectivity index (χ1n) is 14.3. The fraction of sp³-hybridized carbons (Fsp3) is 0.917. The molecule has 0 aliphatic carbocycles. The SMILES string of the molecule is O=C(NNC(=O)[C@H](O)[C@@H](O)[C@H](O[C@@H]1O[C@H](CO)[C@H](O)[C@H](O)[C@H]1O)[C@H](O)CO)[C@H](O)[C@@H](O)[C@H](O[C@@H]1O[C@H](CO)[C@H](O)[C@H](O)[C@H]1O)[C@H](O)CO. The number of nitrogens with one attached hydrogen (secondary N) is 2. The molecule has 2 heterocycles. The maximum atomic E-state index is 12.5. The molecule has 2 fully saturated rings. The van der Waals surface area contributed by atoms with Gasteiger partial charge < -0.3 is 101 Å². The van der Waals surface area contributed by atoms with Crippen molar-refractivity contribution in [3.8, 4) is 0 Å². The monoisotopic (exact) mass is 712 g/mol. The number of carbonyl (C=O) groups is 2. The van der Waals surface area contributed by atoms with Crippen molar-refractivity contribution in [2.45, 2.75) is 110 Å². The molecule has 0 aromatic rings. The molecule has 24 heteroatoms. The molecule has 0 saturated carbocycles. The van der Waals surface area contributed by atoms with Crippen LogP contribution in [-0.4, -0.2) is 230 Å². The second kappa shape index (κ2) is 18.9. The van der Waals surface area contributed by atoms with E-state index >= 15 is 0 Å². The van der Waals surface area contributed by atoms with E-state index in [1.54, 1.807) is 0 Å². The van der Waals surface area contributed by atoms with Gasteiger partial charge >= 0.3 is 0 Å². The zero-order valence-corrected chi connectivity index (χ0v) is 24.8. The average Bonchev–Trinajstić information content (AvgIpc) is 3.09. The van der Waals surface area contributed by atoms with E-state index in [0.29, 0.717) is 0 Å². The third-order valence-corrected chi connectivity index (χ3v) is 7.58. The van der Waals surface area contributed by atoms with Gasteiger partial charge in [0.15, 0.2) is 24.8 Å². The van der Waals surface area contributed by atoms with Crippen molar-refractivity contribution in [3.63, 3.8) is 0 Å². The number of aliphatic hydroxyl groups excluding tert-OH is 16. The number of aliphatic hydroxyl groups is 16. The van der Waals surface area contributed by atoms with Crippen molar-refractivity contribution in [3.05, 3.63) is 0 Å². The lowest BCUT2D eigenvalue weighted by atomic mass is 9.98. The van der Waals surface area contributed by atoms with Gasteiger partial charge in [0, 0.05) is 0 Å². The van der Waals surface area contributed by atoms with Gasteiger partial charge in [-0.1, -0.05) is 0 Å². The topological polar surface area (TPSA) is 419 Å². The van der Waals surface area contributed by atoms with Gasteiger partial charge in [0.2, 0.25) is 0 Å². The van der Waals surface area contributed by atoms with Gasteiger partial charge in [-0.2, -0.15) is 0 Å². The maximum Gasteiger partial charge on any atom is 0.270 e. The Morgan fingerprint density at radius 1 is 0.542 bits per heavy atom. The van der Waals surface area contributed by atoms with E-state index < -0.39 is 148 Å². The fourth-order valence-electron chi connectivity index (χ4n) is 4.62. The van der Waals surface area contributed by atoms with E-state index in [-0.39, 0.29) is 0 Å². The predicted molar refractivity (Wildman–Crippen MR) is 144 cm³/mol. The van der Waals surface area contributed by atoms with E-state index in [0.717, 1.165) is 0 Å². The van der Waals surface area contributed by atoms with Crippen molar-refractivity contribution in [1.82, 2.24) is 10.9 Å². The third kappa shape index (κ3) is 9.89. The minimum atomic E-state index is -2.65. The molecular weight excluding hydrogens is 668 g/mol. The number of carbonyl (C=O) groups excluding carboxylic acids is 2. The Bertz CT molecular complexity index is 920.